The molecule has 8 heteroatoms. The smallest absolute Gasteiger partial charge is 0.475 e. The number of piperidine rings is 1. The first-order valence-electron chi connectivity index (χ1n) is 9.15. The Labute approximate surface area is 162 Å². The SMILES string of the molecule is Cc1noc(C)c1CN1CCC(Cc2ccccc2)CC1.O=C(O)C(F)(F)F. The Morgan fingerprint density at radius 3 is 2.25 bits per heavy atom. The summed E-state index contributed by atoms with van der Waals surface area (Å²) in [7, 11) is 0. The largest absolute Gasteiger partial charge is 0.490 e. The van der Waals surface area contributed by atoms with E-state index < -0.39 is 12.1 Å². The molecule has 1 saturated heterocycles. The number of carboxylic acids is 1. The topological polar surface area (TPSA) is 66.6 Å². The van der Waals surface area contributed by atoms with Crippen LogP contribution in [0.5, 0.6) is 0 Å². The van der Waals surface area contributed by atoms with E-state index in [4.69, 9.17) is 14.4 Å². The maximum atomic E-state index is 10.6. The van der Waals surface area contributed by atoms with Gasteiger partial charge in [-0.2, -0.15) is 13.2 Å². The van der Waals surface area contributed by atoms with Gasteiger partial charge in [0.05, 0.1) is 5.69 Å². The predicted octanol–water partition coefficient (Wildman–Crippen LogP) is 4.38. The van der Waals surface area contributed by atoms with Crippen molar-refractivity contribution in [1.82, 2.24) is 10.1 Å². The summed E-state index contributed by atoms with van der Waals surface area (Å²) >= 11 is 0. The number of hydrogen-bond donors (Lipinski definition) is 1. The number of carboxylic acid groups (broad SMARTS) is 1. The van der Waals surface area contributed by atoms with Crippen molar-refractivity contribution in [3.8, 4) is 0 Å². The highest BCUT2D eigenvalue weighted by Gasteiger charge is 2.38. The fraction of sp³-hybridized carbons (Fsp3) is 0.500. The number of halogens is 3. The number of hydrogen-bond acceptors (Lipinski definition) is 4. The Kier molecular flexibility index (Phi) is 7.62. The Balaban J connectivity index is 0.000000345. The molecule has 154 valence electrons. The molecule has 28 heavy (non-hydrogen) atoms. The van der Waals surface area contributed by atoms with Crippen LogP contribution in [0.25, 0.3) is 0 Å². The molecule has 1 aliphatic heterocycles. The van der Waals surface area contributed by atoms with Gasteiger partial charge in [-0.1, -0.05) is 35.5 Å². The number of aromatic nitrogens is 1. The van der Waals surface area contributed by atoms with Crippen LogP contribution >= 0.6 is 0 Å². The van der Waals surface area contributed by atoms with Gasteiger partial charge in [-0.15, -0.1) is 0 Å². The van der Waals surface area contributed by atoms with Crippen molar-refractivity contribution in [3.05, 3.63) is 52.9 Å². The van der Waals surface area contributed by atoms with E-state index in [1.807, 2.05) is 13.8 Å². The van der Waals surface area contributed by atoms with Crippen molar-refractivity contribution >= 4 is 5.97 Å². The molecule has 0 amide bonds. The van der Waals surface area contributed by atoms with Gasteiger partial charge in [0, 0.05) is 12.1 Å². The van der Waals surface area contributed by atoms with E-state index in [-0.39, 0.29) is 0 Å². The molecule has 1 aromatic carbocycles. The Hall–Kier alpha value is -2.35. The Morgan fingerprint density at radius 1 is 1.21 bits per heavy atom. The van der Waals surface area contributed by atoms with Crippen LogP contribution in [0, 0.1) is 19.8 Å². The number of rotatable bonds is 4. The first-order chi connectivity index (χ1) is 13.2. The number of carbonyl (C=O) groups is 1. The average molecular weight is 398 g/mol. The van der Waals surface area contributed by atoms with Crippen LogP contribution in [0.1, 0.15) is 35.4 Å². The van der Waals surface area contributed by atoms with E-state index in [1.54, 1.807) is 0 Å². The van der Waals surface area contributed by atoms with E-state index in [0.29, 0.717) is 0 Å². The molecular formula is C20H25F3N2O3. The molecule has 0 bridgehead atoms. The van der Waals surface area contributed by atoms with Gasteiger partial charge in [0.25, 0.3) is 0 Å². The highest BCUT2D eigenvalue weighted by Crippen LogP contribution is 2.24. The first-order valence-corrected chi connectivity index (χ1v) is 9.15. The van der Waals surface area contributed by atoms with Crippen LogP contribution in [-0.2, 0) is 17.8 Å². The van der Waals surface area contributed by atoms with Crippen molar-refractivity contribution in [1.29, 1.82) is 0 Å². The molecule has 0 aliphatic carbocycles. The van der Waals surface area contributed by atoms with Crippen molar-refractivity contribution in [2.24, 2.45) is 5.92 Å². The first kappa shape index (κ1) is 21.9. The minimum Gasteiger partial charge on any atom is -0.475 e. The zero-order chi connectivity index (χ0) is 20.7. The van der Waals surface area contributed by atoms with Crippen LogP contribution in [-0.4, -0.2) is 40.4 Å². The van der Waals surface area contributed by atoms with Crippen molar-refractivity contribution in [2.45, 2.75) is 45.8 Å². The third-order valence-corrected chi connectivity index (χ3v) is 4.88. The zero-order valence-electron chi connectivity index (χ0n) is 16.0. The summed E-state index contributed by atoms with van der Waals surface area (Å²) in [4.78, 5) is 11.4. The summed E-state index contributed by atoms with van der Waals surface area (Å²) in [5, 5.41) is 11.2. The molecule has 2 aromatic rings. The summed E-state index contributed by atoms with van der Waals surface area (Å²) in [5.74, 6) is -0.959. The van der Waals surface area contributed by atoms with Crippen LogP contribution in [0.15, 0.2) is 34.9 Å². The lowest BCUT2D eigenvalue weighted by Crippen LogP contribution is -2.34. The molecule has 3 rings (SSSR count). The summed E-state index contributed by atoms with van der Waals surface area (Å²) in [6.07, 6.45) is -1.28. The molecule has 1 aliphatic rings. The van der Waals surface area contributed by atoms with Gasteiger partial charge in [0.2, 0.25) is 0 Å². The van der Waals surface area contributed by atoms with E-state index in [1.165, 1.54) is 43.5 Å². The summed E-state index contributed by atoms with van der Waals surface area (Å²) in [5.41, 5.74) is 3.79. The third kappa shape index (κ3) is 6.67. The molecule has 0 saturated carbocycles. The number of benzene rings is 1. The van der Waals surface area contributed by atoms with Gasteiger partial charge < -0.3 is 9.63 Å². The van der Waals surface area contributed by atoms with Crippen LogP contribution < -0.4 is 0 Å². The van der Waals surface area contributed by atoms with Crippen LogP contribution in [0.4, 0.5) is 13.2 Å². The van der Waals surface area contributed by atoms with Crippen LogP contribution in [0.2, 0.25) is 0 Å². The van der Waals surface area contributed by atoms with Crippen molar-refractivity contribution in [2.75, 3.05) is 13.1 Å². The van der Waals surface area contributed by atoms with Gasteiger partial charge in [0.1, 0.15) is 5.76 Å². The highest BCUT2D eigenvalue weighted by molar-refractivity contribution is 5.73. The molecule has 0 spiro atoms. The van der Waals surface area contributed by atoms with E-state index in [0.717, 1.165) is 23.9 Å². The maximum Gasteiger partial charge on any atom is 0.490 e. The minimum atomic E-state index is -5.08. The fourth-order valence-corrected chi connectivity index (χ4v) is 3.25. The predicted molar refractivity (Wildman–Crippen MR) is 97.8 cm³/mol. The van der Waals surface area contributed by atoms with Gasteiger partial charge in [-0.05, 0) is 57.7 Å². The highest BCUT2D eigenvalue weighted by atomic mass is 19.4. The summed E-state index contributed by atoms with van der Waals surface area (Å²) < 4.78 is 37.0. The molecule has 1 N–H and O–H groups in total. The lowest BCUT2D eigenvalue weighted by Gasteiger charge is -2.32. The molecule has 1 aromatic heterocycles. The lowest BCUT2D eigenvalue weighted by molar-refractivity contribution is -0.192. The lowest BCUT2D eigenvalue weighted by atomic mass is 9.90. The number of alkyl halides is 3. The van der Waals surface area contributed by atoms with Gasteiger partial charge in [-0.25, -0.2) is 4.79 Å². The minimum absolute atomic E-state index is 0.827. The molecule has 5 nitrogen and oxygen atoms in total. The second kappa shape index (κ2) is 9.73. The Morgan fingerprint density at radius 2 is 1.79 bits per heavy atom. The van der Waals surface area contributed by atoms with E-state index in [9.17, 15) is 13.2 Å². The quantitative estimate of drug-likeness (QED) is 0.828. The van der Waals surface area contributed by atoms with Gasteiger partial charge in [-0.3, -0.25) is 4.90 Å². The average Bonchev–Trinajstić information content (AvgIpc) is 2.96. The third-order valence-electron chi connectivity index (χ3n) is 4.88. The van der Waals surface area contributed by atoms with E-state index >= 15 is 0 Å². The fourth-order valence-electron chi connectivity index (χ4n) is 3.25. The standard InChI is InChI=1S/C18H24N2O.C2HF3O2/c1-14-18(15(2)21-19-14)13-20-10-8-17(9-11-20)12-16-6-4-3-5-7-16;3-2(4,5)1(6)7/h3-7,17H,8-13H2,1-2H3;(H,6,7). The number of nitrogens with zero attached hydrogens (tertiary/aromatic N) is 2. The number of aryl methyl sites for hydroxylation is 2. The van der Waals surface area contributed by atoms with Gasteiger partial charge in [0.15, 0.2) is 0 Å². The number of likely N-dealkylation sites (tertiary alicyclic amines) is 1. The molecule has 0 radical (unpaired) electrons. The molecule has 2 heterocycles. The second-order valence-electron chi connectivity index (χ2n) is 7.01. The second-order valence-corrected chi connectivity index (χ2v) is 7.01. The summed E-state index contributed by atoms with van der Waals surface area (Å²) in [6, 6.07) is 10.9. The van der Waals surface area contributed by atoms with Crippen molar-refractivity contribution < 1.29 is 27.6 Å². The molecule has 0 unspecified atom stereocenters. The zero-order valence-corrected chi connectivity index (χ0v) is 16.0. The van der Waals surface area contributed by atoms with Gasteiger partial charge >= 0.3 is 12.1 Å². The van der Waals surface area contributed by atoms with Crippen LogP contribution in [0.3, 0.4) is 0 Å². The molecule has 1 fully saturated rings. The molecular weight excluding hydrogens is 373 g/mol. The normalized spacial score (nSPS) is 15.8. The monoisotopic (exact) mass is 398 g/mol. The van der Waals surface area contributed by atoms with E-state index in [2.05, 4.69) is 40.4 Å². The number of aliphatic carboxylic acids is 1. The van der Waals surface area contributed by atoms with Crippen molar-refractivity contribution in [3.63, 3.8) is 0 Å². The Bertz CT molecular complexity index is 732. The maximum absolute atomic E-state index is 10.6. The molecule has 0 atom stereocenters. The summed E-state index contributed by atoms with van der Waals surface area (Å²) in [6.45, 7) is 7.40.